The molecule has 0 amide bonds. The molecule has 0 fully saturated rings. The van der Waals surface area contributed by atoms with Crippen molar-refractivity contribution in [2.75, 3.05) is 6.54 Å². The smallest absolute Gasteiger partial charge is 0.00748 e. The van der Waals surface area contributed by atoms with Gasteiger partial charge >= 0.3 is 0 Å². The highest BCUT2D eigenvalue weighted by atomic mass is 16.0. The molecule has 46 valence electrons. The molecule has 7 heavy (non-hydrogen) atoms. The van der Waals surface area contributed by atoms with Gasteiger partial charge in [0.1, 0.15) is 0 Å². The molecule has 0 aromatic carbocycles. The van der Waals surface area contributed by atoms with Crippen molar-refractivity contribution in [3.05, 3.63) is 0 Å². The summed E-state index contributed by atoms with van der Waals surface area (Å²) in [6, 6.07) is 0. The van der Waals surface area contributed by atoms with Crippen molar-refractivity contribution in [2.45, 2.75) is 20.3 Å². The molecule has 0 spiro atoms. The molecule has 0 aliphatic rings. The number of nitrogens with two attached hydrogens (primary N) is 1. The third-order valence-corrected chi connectivity index (χ3v) is 0.744. The van der Waals surface area contributed by atoms with E-state index in [4.69, 9.17) is 5.73 Å². The summed E-state index contributed by atoms with van der Waals surface area (Å²) in [6.07, 6.45) is 1.15. The second-order valence-electron chi connectivity index (χ2n) is 1.97. The Balaban J connectivity index is 0. The third-order valence-electron chi connectivity index (χ3n) is 0.744. The summed E-state index contributed by atoms with van der Waals surface area (Å²) < 4.78 is 0. The summed E-state index contributed by atoms with van der Waals surface area (Å²) >= 11 is 0. The maximum atomic E-state index is 5.23. The van der Waals surface area contributed by atoms with E-state index in [-0.39, 0.29) is 5.48 Å². The molecule has 0 heterocycles. The van der Waals surface area contributed by atoms with E-state index in [1.54, 1.807) is 0 Å². The SMILES string of the molecule is CC(C)CCN.O. The summed E-state index contributed by atoms with van der Waals surface area (Å²) in [4.78, 5) is 0. The third kappa shape index (κ3) is 10.7. The predicted molar refractivity (Wildman–Crippen MR) is 32.1 cm³/mol. The van der Waals surface area contributed by atoms with Crippen LogP contribution in [0.5, 0.6) is 0 Å². The number of hydrogen-bond acceptors (Lipinski definition) is 1. The van der Waals surface area contributed by atoms with Gasteiger partial charge in [-0.25, -0.2) is 0 Å². The Morgan fingerprint density at radius 2 is 1.86 bits per heavy atom. The van der Waals surface area contributed by atoms with E-state index < -0.39 is 0 Å². The molecule has 4 N–H and O–H groups in total. The van der Waals surface area contributed by atoms with Crippen LogP contribution in [0.4, 0.5) is 0 Å². The van der Waals surface area contributed by atoms with Crippen molar-refractivity contribution >= 4 is 0 Å². The van der Waals surface area contributed by atoms with Gasteiger partial charge in [0.15, 0.2) is 0 Å². The zero-order valence-corrected chi connectivity index (χ0v) is 5.07. The van der Waals surface area contributed by atoms with Gasteiger partial charge in [-0.2, -0.15) is 0 Å². The van der Waals surface area contributed by atoms with Crippen LogP contribution in [0.15, 0.2) is 0 Å². The van der Waals surface area contributed by atoms with E-state index in [9.17, 15) is 0 Å². The fourth-order valence-electron chi connectivity index (χ4n) is 0.333. The van der Waals surface area contributed by atoms with E-state index in [2.05, 4.69) is 13.8 Å². The molecule has 0 aromatic rings. The molecule has 0 aliphatic heterocycles. The highest BCUT2D eigenvalue weighted by Crippen LogP contribution is 1.93. The molecule has 0 aromatic heterocycles. The zero-order chi connectivity index (χ0) is 4.99. The van der Waals surface area contributed by atoms with E-state index in [1.165, 1.54) is 0 Å². The Morgan fingerprint density at radius 3 is 1.86 bits per heavy atom. The van der Waals surface area contributed by atoms with E-state index >= 15 is 0 Å². The molecular formula is C5H15NO. The first kappa shape index (κ1) is 10.0. The lowest BCUT2D eigenvalue weighted by Crippen LogP contribution is -2.01. The molecule has 2 heteroatoms. The molecule has 0 radical (unpaired) electrons. The molecular weight excluding hydrogens is 90.1 g/mol. The van der Waals surface area contributed by atoms with Crippen molar-refractivity contribution in [1.29, 1.82) is 0 Å². The van der Waals surface area contributed by atoms with Crippen molar-refractivity contribution in [3.63, 3.8) is 0 Å². The summed E-state index contributed by atoms with van der Waals surface area (Å²) in [5.41, 5.74) is 5.23. The summed E-state index contributed by atoms with van der Waals surface area (Å²) in [5.74, 6) is 0.773. The Bertz CT molecular complexity index is 29.3. The van der Waals surface area contributed by atoms with Gasteiger partial charge in [-0.15, -0.1) is 0 Å². The molecule has 0 unspecified atom stereocenters. The van der Waals surface area contributed by atoms with Crippen molar-refractivity contribution < 1.29 is 5.48 Å². The molecule has 0 saturated carbocycles. The topological polar surface area (TPSA) is 57.5 Å². The van der Waals surface area contributed by atoms with Crippen LogP contribution in [0, 0.1) is 5.92 Å². The molecule has 0 aliphatic carbocycles. The summed E-state index contributed by atoms with van der Waals surface area (Å²) in [5, 5.41) is 0. The monoisotopic (exact) mass is 105 g/mol. The van der Waals surface area contributed by atoms with Gasteiger partial charge in [-0.3, -0.25) is 0 Å². The maximum absolute atomic E-state index is 5.23. The van der Waals surface area contributed by atoms with Crippen LogP contribution in [-0.4, -0.2) is 12.0 Å². The Hall–Kier alpha value is -0.0800. The van der Waals surface area contributed by atoms with Gasteiger partial charge in [0, 0.05) is 0 Å². The molecule has 0 bridgehead atoms. The lowest BCUT2D eigenvalue weighted by atomic mass is 10.1. The number of rotatable bonds is 2. The summed E-state index contributed by atoms with van der Waals surface area (Å²) in [6.45, 7) is 5.18. The largest absolute Gasteiger partial charge is 0.412 e. The first-order valence-corrected chi connectivity index (χ1v) is 2.47. The first-order valence-electron chi connectivity index (χ1n) is 2.47. The minimum absolute atomic E-state index is 0. The van der Waals surface area contributed by atoms with Crippen LogP contribution in [0.2, 0.25) is 0 Å². The molecule has 0 rings (SSSR count). The zero-order valence-electron chi connectivity index (χ0n) is 5.07. The van der Waals surface area contributed by atoms with E-state index in [1.807, 2.05) is 0 Å². The van der Waals surface area contributed by atoms with E-state index in [0.29, 0.717) is 0 Å². The molecule has 0 saturated heterocycles. The predicted octanol–water partition coefficient (Wildman–Crippen LogP) is 0.167. The normalized spacial score (nSPS) is 8.57. The quantitative estimate of drug-likeness (QED) is 0.534. The maximum Gasteiger partial charge on any atom is -0.00748 e. The average Bonchev–Trinajstić information content (AvgIpc) is 1.35. The van der Waals surface area contributed by atoms with Crippen LogP contribution in [0.1, 0.15) is 20.3 Å². The van der Waals surface area contributed by atoms with E-state index in [0.717, 1.165) is 18.9 Å². The van der Waals surface area contributed by atoms with Gasteiger partial charge in [0.2, 0.25) is 0 Å². The van der Waals surface area contributed by atoms with Crippen LogP contribution in [0.3, 0.4) is 0 Å². The second kappa shape index (κ2) is 5.92. The average molecular weight is 105 g/mol. The van der Waals surface area contributed by atoms with Crippen LogP contribution < -0.4 is 5.73 Å². The first-order chi connectivity index (χ1) is 2.77. The Labute approximate surface area is 45.0 Å². The molecule has 2 nitrogen and oxygen atoms in total. The van der Waals surface area contributed by atoms with Gasteiger partial charge in [0.25, 0.3) is 0 Å². The van der Waals surface area contributed by atoms with Crippen molar-refractivity contribution in [2.24, 2.45) is 11.7 Å². The van der Waals surface area contributed by atoms with Crippen molar-refractivity contribution in [1.82, 2.24) is 0 Å². The van der Waals surface area contributed by atoms with Gasteiger partial charge in [0.05, 0.1) is 0 Å². The molecule has 0 atom stereocenters. The lowest BCUT2D eigenvalue weighted by Gasteiger charge is -1.96. The van der Waals surface area contributed by atoms with Gasteiger partial charge in [-0.1, -0.05) is 13.8 Å². The number of hydrogen-bond donors (Lipinski definition) is 1. The fourth-order valence-corrected chi connectivity index (χ4v) is 0.333. The minimum atomic E-state index is 0. The second-order valence-corrected chi connectivity index (χ2v) is 1.97. The Kier molecular flexibility index (Phi) is 8.47. The summed E-state index contributed by atoms with van der Waals surface area (Å²) in [7, 11) is 0. The fraction of sp³-hybridized carbons (Fsp3) is 1.00. The highest BCUT2D eigenvalue weighted by molar-refractivity contribution is 4.42. The minimum Gasteiger partial charge on any atom is -0.412 e. The van der Waals surface area contributed by atoms with Crippen LogP contribution >= 0.6 is 0 Å². The van der Waals surface area contributed by atoms with Crippen LogP contribution in [0.25, 0.3) is 0 Å². The van der Waals surface area contributed by atoms with Crippen molar-refractivity contribution in [3.8, 4) is 0 Å². The van der Waals surface area contributed by atoms with Gasteiger partial charge < -0.3 is 11.2 Å². The Morgan fingerprint density at radius 1 is 1.43 bits per heavy atom. The van der Waals surface area contributed by atoms with Gasteiger partial charge in [-0.05, 0) is 18.9 Å². The van der Waals surface area contributed by atoms with Crippen LogP contribution in [-0.2, 0) is 0 Å². The standard InChI is InChI=1S/C5H13N.H2O/c1-5(2)3-4-6;/h5H,3-4,6H2,1-2H3;1H2. The highest BCUT2D eigenvalue weighted by Gasteiger charge is 1.85. The lowest BCUT2D eigenvalue weighted by molar-refractivity contribution is 0.596.